The lowest BCUT2D eigenvalue weighted by Crippen LogP contribution is -2.18. The van der Waals surface area contributed by atoms with Crippen LogP contribution in [-0.4, -0.2) is 30.2 Å². The molecule has 0 aromatic carbocycles. The first-order valence-electron chi connectivity index (χ1n) is 9.16. The molecule has 0 aliphatic heterocycles. The number of halogens is 7. The van der Waals surface area contributed by atoms with Gasteiger partial charge in [-0.1, -0.05) is 17.7 Å². The Kier molecular flexibility index (Phi) is 4.27. The maximum Gasteiger partial charge on any atom is 0.435 e. The highest BCUT2D eigenvalue weighted by atomic mass is 35.5. The number of rotatable bonds is 3. The van der Waals surface area contributed by atoms with E-state index >= 15 is 0 Å². The van der Waals surface area contributed by atoms with Gasteiger partial charge in [-0.3, -0.25) is 0 Å². The van der Waals surface area contributed by atoms with Crippen molar-refractivity contribution in [3.05, 3.63) is 64.5 Å². The smallest absolute Gasteiger partial charge is 0.303 e. The first-order chi connectivity index (χ1) is 14.5. The highest BCUT2D eigenvalue weighted by molar-refractivity contribution is 6.29. The van der Waals surface area contributed by atoms with E-state index in [1.807, 2.05) is 0 Å². The second-order valence-corrected chi connectivity index (χ2v) is 7.84. The average molecular weight is 460 g/mol. The van der Waals surface area contributed by atoms with Crippen LogP contribution >= 0.6 is 11.6 Å². The van der Waals surface area contributed by atoms with Crippen LogP contribution in [0.3, 0.4) is 0 Å². The Morgan fingerprint density at radius 3 is 2.58 bits per heavy atom. The summed E-state index contributed by atoms with van der Waals surface area (Å²) in [7, 11) is 0. The fourth-order valence-corrected chi connectivity index (χ4v) is 4.20. The van der Waals surface area contributed by atoms with Crippen LogP contribution in [0.2, 0.25) is 5.15 Å². The first-order valence-corrected chi connectivity index (χ1v) is 9.54. The van der Waals surface area contributed by atoms with Gasteiger partial charge in [-0.2, -0.15) is 31.4 Å². The number of aromatic nitrogens is 5. The molecule has 2 atom stereocenters. The van der Waals surface area contributed by atoms with E-state index in [1.165, 1.54) is 16.8 Å². The molecule has 4 heterocycles. The summed E-state index contributed by atoms with van der Waals surface area (Å²) in [5.74, 6) is -0.127. The molecule has 4 aromatic rings. The van der Waals surface area contributed by atoms with E-state index < -0.39 is 30.2 Å². The zero-order chi connectivity index (χ0) is 22.1. The summed E-state index contributed by atoms with van der Waals surface area (Å²) in [5.41, 5.74) is -0.573. The quantitative estimate of drug-likeness (QED) is 0.384. The zero-order valence-electron chi connectivity index (χ0n) is 15.4. The molecule has 4 aromatic heterocycles. The Hall–Kier alpha value is -2.82. The first kappa shape index (κ1) is 20.1. The molecule has 0 radical (unpaired) electrons. The maximum atomic E-state index is 13.3. The molecule has 0 spiro atoms. The minimum Gasteiger partial charge on any atom is -0.303 e. The summed E-state index contributed by atoms with van der Waals surface area (Å²) in [6.45, 7) is 0. The molecule has 1 aliphatic rings. The van der Waals surface area contributed by atoms with E-state index in [0.717, 1.165) is 9.96 Å². The van der Waals surface area contributed by atoms with Crippen molar-refractivity contribution in [3.63, 3.8) is 0 Å². The van der Waals surface area contributed by atoms with Gasteiger partial charge >= 0.3 is 12.4 Å². The summed E-state index contributed by atoms with van der Waals surface area (Å²) in [4.78, 5) is 7.67. The fraction of sp³-hybridized carbons (Fsp3) is 0.316. The average Bonchev–Trinajstić information content (AvgIpc) is 3.17. The minimum absolute atomic E-state index is 0.0282. The largest absolute Gasteiger partial charge is 0.435 e. The van der Waals surface area contributed by atoms with E-state index in [4.69, 9.17) is 11.6 Å². The monoisotopic (exact) mass is 459 g/mol. The second-order valence-electron chi connectivity index (χ2n) is 7.45. The van der Waals surface area contributed by atoms with Crippen LogP contribution in [0.15, 0.2) is 36.8 Å². The fourth-order valence-electron chi connectivity index (χ4n) is 4.00. The molecule has 0 N–H and O–H groups in total. The zero-order valence-corrected chi connectivity index (χ0v) is 16.2. The van der Waals surface area contributed by atoms with Crippen LogP contribution in [-0.2, 0) is 12.6 Å². The number of hydrogen-bond acceptors (Lipinski definition) is 3. The van der Waals surface area contributed by atoms with Gasteiger partial charge in [0.15, 0.2) is 11.3 Å². The molecule has 12 heteroatoms. The summed E-state index contributed by atoms with van der Waals surface area (Å²) in [6.07, 6.45) is -6.35. The number of nitrogens with zero attached hydrogens (tertiary/aromatic N) is 5. The van der Waals surface area contributed by atoms with Gasteiger partial charge in [0, 0.05) is 24.2 Å². The molecule has 1 aliphatic carbocycles. The van der Waals surface area contributed by atoms with Crippen molar-refractivity contribution in [1.82, 2.24) is 24.0 Å². The molecular formula is C19H12ClF6N5. The van der Waals surface area contributed by atoms with Gasteiger partial charge in [-0.05, 0) is 36.0 Å². The predicted molar refractivity (Wildman–Crippen MR) is 98.0 cm³/mol. The van der Waals surface area contributed by atoms with E-state index in [-0.39, 0.29) is 22.6 Å². The lowest BCUT2D eigenvalue weighted by atomic mass is 10.1. The molecule has 0 bridgehead atoms. The standard InChI is InChI=1S/C19H12ClF6N5/c20-14-6-12(17-27-3-4-31(17)29-14)11-5-10(11)9-1-2-15-28-16(19(24,25)26)13(30(15)8-9)7-18(21,22)23/h1-4,6,8,10-11H,5,7H2/t10-,11+/m1/s1. The van der Waals surface area contributed by atoms with Gasteiger partial charge in [0.2, 0.25) is 0 Å². The van der Waals surface area contributed by atoms with Crippen molar-refractivity contribution in [2.24, 2.45) is 0 Å². The van der Waals surface area contributed by atoms with Crippen LogP contribution in [0.5, 0.6) is 0 Å². The molecule has 31 heavy (non-hydrogen) atoms. The molecule has 1 fully saturated rings. The van der Waals surface area contributed by atoms with E-state index in [2.05, 4.69) is 15.1 Å². The van der Waals surface area contributed by atoms with Crippen molar-refractivity contribution in [2.75, 3.05) is 0 Å². The van der Waals surface area contributed by atoms with E-state index in [0.29, 0.717) is 17.6 Å². The van der Waals surface area contributed by atoms with Crippen molar-refractivity contribution in [2.45, 2.75) is 37.0 Å². The third-order valence-corrected chi connectivity index (χ3v) is 5.54. The third-order valence-electron chi connectivity index (χ3n) is 5.35. The van der Waals surface area contributed by atoms with Crippen LogP contribution in [0.4, 0.5) is 26.3 Å². The van der Waals surface area contributed by atoms with Gasteiger partial charge in [0.25, 0.3) is 0 Å². The van der Waals surface area contributed by atoms with E-state index in [9.17, 15) is 26.3 Å². The molecule has 1 saturated carbocycles. The number of pyridine rings is 1. The maximum absolute atomic E-state index is 13.3. The molecule has 162 valence electrons. The van der Waals surface area contributed by atoms with Crippen LogP contribution < -0.4 is 0 Å². The predicted octanol–water partition coefficient (Wildman–Crippen LogP) is 5.43. The van der Waals surface area contributed by atoms with Crippen molar-refractivity contribution < 1.29 is 26.3 Å². The van der Waals surface area contributed by atoms with Crippen LogP contribution in [0, 0.1) is 0 Å². The van der Waals surface area contributed by atoms with Gasteiger partial charge < -0.3 is 4.40 Å². The van der Waals surface area contributed by atoms with Crippen LogP contribution in [0.25, 0.3) is 11.3 Å². The normalized spacial score (nSPS) is 19.5. The summed E-state index contributed by atoms with van der Waals surface area (Å²) >= 11 is 6.07. The highest BCUT2D eigenvalue weighted by Crippen LogP contribution is 2.55. The lowest BCUT2D eigenvalue weighted by molar-refractivity contribution is -0.146. The Morgan fingerprint density at radius 2 is 1.87 bits per heavy atom. The van der Waals surface area contributed by atoms with Gasteiger partial charge in [0.05, 0.1) is 12.1 Å². The minimum atomic E-state index is -4.99. The van der Waals surface area contributed by atoms with Gasteiger partial charge in [-0.25, -0.2) is 14.5 Å². The summed E-state index contributed by atoms with van der Waals surface area (Å²) < 4.78 is 81.3. The van der Waals surface area contributed by atoms with Crippen molar-refractivity contribution in [1.29, 1.82) is 0 Å². The van der Waals surface area contributed by atoms with Crippen molar-refractivity contribution in [3.8, 4) is 0 Å². The van der Waals surface area contributed by atoms with Gasteiger partial charge in [0.1, 0.15) is 10.8 Å². The summed E-state index contributed by atoms with van der Waals surface area (Å²) in [6, 6.07) is 4.59. The second kappa shape index (κ2) is 6.59. The van der Waals surface area contributed by atoms with Crippen LogP contribution in [0.1, 0.15) is 40.8 Å². The van der Waals surface area contributed by atoms with E-state index in [1.54, 1.807) is 24.5 Å². The molecule has 0 unspecified atom stereocenters. The third kappa shape index (κ3) is 3.60. The number of hydrogen-bond donors (Lipinski definition) is 0. The number of fused-ring (bicyclic) bond motifs is 2. The Morgan fingerprint density at radius 1 is 1.10 bits per heavy atom. The number of alkyl halides is 6. The van der Waals surface area contributed by atoms with Crippen molar-refractivity contribution >= 4 is 22.9 Å². The lowest BCUT2D eigenvalue weighted by Gasteiger charge is -2.11. The Bertz CT molecular complexity index is 1310. The topological polar surface area (TPSA) is 47.5 Å². The molecule has 0 saturated heterocycles. The van der Waals surface area contributed by atoms with Gasteiger partial charge in [-0.15, -0.1) is 0 Å². The Labute approximate surface area is 175 Å². The SMILES string of the molecule is FC(F)(F)Cc1c(C(F)(F)F)nc2ccc([C@H]3C[C@@H]3c3cc(Cl)nn4ccnc34)cn12. The molecular weight excluding hydrogens is 448 g/mol. The Balaban J connectivity index is 1.56. The number of imidazole rings is 2. The highest BCUT2D eigenvalue weighted by Gasteiger charge is 2.44. The molecule has 0 amide bonds. The molecule has 5 nitrogen and oxygen atoms in total. The summed E-state index contributed by atoms with van der Waals surface area (Å²) in [5, 5.41) is 4.37. The molecule has 5 rings (SSSR count).